The van der Waals surface area contributed by atoms with Crippen LogP contribution in [0.25, 0.3) is 10.9 Å². The van der Waals surface area contributed by atoms with Crippen molar-refractivity contribution in [3.63, 3.8) is 0 Å². The van der Waals surface area contributed by atoms with Crippen molar-refractivity contribution >= 4 is 23.2 Å². The van der Waals surface area contributed by atoms with Crippen LogP contribution in [0.1, 0.15) is 34.6 Å². The van der Waals surface area contributed by atoms with E-state index < -0.39 is 0 Å². The Balaban J connectivity index is 0.000000565. The molecule has 5 nitrogen and oxygen atoms in total. The number of hydrogen-bond donors (Lipinski definition) is 1. The van der Waals surface area contributed by atoms with Gasteiger partial charge in [0.05, 0.1) is 5.52 Å². The molecular formula is C22H23N3O2. The summed E-state index contributed by atoms with van der Waals surface area (Å²) in [5.41, 5.74) is 6.93. The van der Waals surface area contributed by atoms with Crippen LogP contribution in [0, 0.1) is 6.92 Å². The highest BCUT2D eigenvalue weighted by atomic mass is 16.3. The smallest absolute Gasteiger partial charge is 0.290 e. The van der Waals surface area contributed by atoms with E-state index in [1.807, 2.05) is 12.4 Å². The Labute approximate surface area is 158 Å². The van der Waals surface area contributed by atoms with E-state index in [2.05, 4.69) is 47.1 Å². The van der Waals surface area contributed by atoms with Gasteiger partial charge in [-0.1, -0.05) is 0 Å². The predicted molar refractivity (Wildman–Crippen MR) is 106 cm³/mol. The summed E-state index contributed by atoms with van der Waals surface area (Å²) in [4.78, 5) is 19.8. The van der Waals surface area contributed by atoms with Crippen LogP contribution in [0.15, 0.2) is 42.7 Å². The van der Waals surface area contributed by atoms with Gasteiger partial charge in [0.25, 0.3) is 6.47 Å². The molecule has 5 rings (SSSR count). The first-order valence-corrected chi connectivity index (χ1v) is 9.35. The van der Waals surface area contributed by atoms with Gasteiger partial charge in [-0.25, -0.2) is 4.98 Å². The highest BCUT2D eigenvalue weighted by molar-refractivity contribution is 5.86. The maximum Gasteiger partial charge on any atom is 0.290 e. The Bertz CT molecular complexity index is 966. The van der Waals surface area contributed by atoms with Crippen LogP contribution < -0.4 is 4.90 Å². The molecule has 1 saturated heterocycles. The van der Waals surface area contributed by atoms with Gasteiger partial charge in [0.1, 0.15) is 5.82 Å². The number of rotatable bonds is 2. The second-order valence-corrected chi connectivity index (χ2v) is 7.28. The van der Waals surface area contributed by atoms with Gasteiger partial charge in [-0.2, -0.15) is 0 Å². The lowest BCUT2D eigenvalue weighted by Crippen LogP contribution is -2.45. The number of pyridine rings is 2. The molecule has 5 heteroatoms. The highest BCUT2D eigenvalue weighted by Gasteiger charge is 2.29. The first-order valence-electron chi connectivity index (χ1n) is 9.35. The zero-order chi connectivity index (χ0) is 18.8. The van der Waals surface area contributed by atoms with Gasteiger partial charge in [0.15, 0.2) is 0 Å². The topological polar surface area (TPSA) is 66.3 Å². The third-order valence-electron chi connectivity index (χ3n) is 5.60. The summed E-state index contributed by atoms with van der Waals surface area (Å²) in [5, 5.41) is 8.21. The van der Waals surface area contributed by atoms with Crippen LogP contribution in [0.4, 0.5) is 5.82 Å². The van der Waals surface area contributed by atoms with Crippen LogP contribution in [0.5, 0.6) is 0 Å². The van der Waals surface area contributed by atoms with E-state index in [1.54, 1.807) is 0 Å². The first-order chi connectivity index (χ1) is 13.2. The van der Waals surface area contributed by atoms with E-state index in [9.17, 15) is 0 Å². The third-order valence-corrected chi connectivity index (χ3v) is 5.60. The van der Waals surface area contributed by atoms with Crippen molar-refractivity contribution in [2.45, 2.75) is 32.1 Å². The molecule has 0 unspecified atom stereocenters. The summed E-state index contributed by atoms with van der Waals surface area (Å²) in [6, 6.07) is 11.2. The fraction of sp³-hybridized carbons (Fsp3) is 0.318. The molecule has 1 fully saturated rings. The van der Waals surface area contributed by atoms with Crippen molar-refractivity contribution in [2.24, 2.45) is 0 Å². The molecule has 1 N–H and O–H groups in total. The molecule has 0 bridgehead atoms. The molecule has 0 atom stereocenters. The molecule has 0 saturated carbocycles. The minimum absolute atomic E-state index is 0.250. The Hall–Kier alpha value is -2.95. The Morgan fingerprint density at radius 3 is 2.48 bits per heavy atom. The fourth-order valence-corrected chi connectivity index (χ4v) is 4.12. The normalized spacial score (nSPS) is 15.7. The van der Waals surface area contributed by atoms with E-state index in [0.717, 1.165) is 24.4 Å². The molecular weight excluding hydrogens is 338 g/mol. The molecule has 2 aliphatic rings. The second-order valence-electron chi connectivity index (χ2n) is 7.28. The Morgan fingerprint density at radius 1 is 1.11 bits per heavy atom. The number of fused-ring (bicyclic) bond motifs is 2. The zero-order valence-corrected chi connectivity index (χ0v) is 15.4. The van der Waals surface area contributed by atoms with Crippen LogP contribution in [-0.4, -0.2) is 34.6 Å². The zero-order valence-electron chi connectivity index (χ0n) is 15.4. The quantitative estimate of drug-likeness (QED) is 0.705. The summed E-state index contributed by atoms with van der Waals surface area (Å²) in [6.07, 6.45) is 7.50. The standard InChI is InChI=1S/C21H21N3.CH2O2/c1-14-9-21(24-12-18(13-24)15-5-7-22-8-6-15)23-20-11-17-4-2-3-16(17)10-19(14)20;2-1-3/h5-11,18H,2-4,12-13H2,1H3;1H,(H,2,3). The van der Waals surface area contributed by atoms with E-state index in [0.29, 0.717) is 5.92 Å². The van der Waals surface area contributed by atoms with Crippen LogP contribution >= 0.6 is 0 Å². The lowest BCUT2D eigenvalue weighted by molar-refractivity contribution is -0.122. The number of nitrogens with zero attached hydrogens (tertiary/aromatic N) is 3. The summed E-state index contributed by atoms with van der Waals surface area (Å²) in [7, 11) is 0. The fourth-order valence-electron chi connectivity index (χ4n) is 4.12. The minimum Gasteiger partial charge on any atom is -0.483 e. The molecule has 1 aromatic carbocycles. The molecule has 27 heavy (non-hydrogen) atoms. The van der Waals surface area contributed by atoms with Crippen LogP contribution in [-0.2, 0) is 17.6 Å². The molecule has 3 aromatic rings. The number of anilines is 1. The average molecular weight is 361 g/mol. The van der Waals surface area contributed by atoms with Gasteiger partial charge in [-0.05, 0) is 78.8 Å². The average Bonchev–Trinajstić information content (AvgIpc) is 3.08. The lowest BCUT2D eigenvalue weighted by Gasteiger charge is -2.40. The predicted octanol–water partition coefficient (Wildman–Crippen LogP) is 3.73. The molecule has 1 aliphatic carbocycles. The summed E-state index contributed by atoms with van der Waals surface area (Å²) in [5.74, 6) is 1.73. The monoisotopic (exact) mass is 361 g/mol. The molecule has 2 aromatic heterocycles. The van der Waals surface area contributed by atoms with E-state index >= 15 is 0 Å². The Kier molecular flexibility index (Phi) is 4.75. The van der Waals surface area contributed by atoms with E-state index in [-0.39, 0.29) is 6.47 Å². The molecule has 1 aliphatic heterocycles. The van der Waals surface area contributed by atoms with Gasteiger partial charge >= 0.3 is 0 Å². The van der Waals surface area contributed by atoms with Crippen LogP contribution in [0.3, 0.4) is 0 Å². The summed E-state index contributed by atoms with van der Waals surface area (Å²) in [6.45, 7) is 4.06. The first kappa shape index (κ1) is 17.5. The summed E-state index contributed by atoms with van der Waals surface area (Å²) < 4.78 is 0. The number of hydrogen-bond acceptors (Lipinski definition) is 4. The SMILES string of the molecule is Cc1cc(N2CC(c3ccncc3)C2)nc2cc3c(cc12)CCC3.O=CO. The number of carbonyl (C=O) groups is 1. The molecule has 3 heterocycles. The molecule has 0 spiro atoms. The lowest BCUT2D eigenvalue weighted by atomic mass is 9.92. The highest BCUT2D eigenvalue weighted by Crippen LogP contribution is 2.34. The number of benzene rings is 1. The maximum absolute atomic E-state index is 8.36. The van der Waals surface area contributed by atoms with Crippen molar-refractivity contribution in [1.29, 1.82) is 0 Å². The summed E-state index contributed by atoms with van der Waals surface area (Å²) >= 11 is 0. The van der Waals surface area contributed by atoms with E-state index in [4.69, 9.17) is 14.9 Å². The third kappa shape index (κ3) is 3.37. The van der Waals surface area contributed by atoms with Crippen molar-refractivity contribution in [3.8, 4) is 0 Å². The Morgan fingerprint density at radius 2 is 1.78 bits per heavy atom. The molecule has 138 valence electrons. The van der Waals surface area contributed by atoms with Gasteiger partial charge in [-0.3, -0.25) is 9.78 Å². The minimum atomic E-state index is -0.250. The van der Waals surface area contributed by atoms with Gasteiger partial charge in [-0.15, -0.1) is 0 Å². The van der Waals surface area contributed by atoms with Gasteiger partial charge in [0.2, 0.25) is 0 Å². The van der Waals surface area contributed by atoms with Gasteiger partial charge in [0, 0.05) is 36.8 Å². The number of aromatic nitrogens is 2. The van der Waals surface area contributed by atoms with Crippen molar-refractivity contribution in [3.05, 3.63) is 65.0 Å². The molecule has 0 radical (unpaired) electrons. The maximum atomic E-state index is 8.36. The molecule has 0 amide bonds. The van der Waals surface area contributed by atoms with E-state index in [1.165, 1.54) is 46.9 Å². The number of carboxylic acid groups (broad SMARTS) is 1. The van der Waals surface area contributed by atoms with Gasteiger partial charge < -0.3 is 10.0 Å². The second kappa shape index (κ2) is 7.35. The van der Waals surface area contributed by atoms with Crippen molar-refractivity contribution < 1.29 is 9.90 Å². The largest absolute Gasteiger partial charge is 0.483 e. The van der Waals surface area contributed by atoms with Crippen molar-refractivity contribution in [2.75, 3.05) is 18.0 Å². The van der Waals surface area contributed by atoms with Crippen molar-refractivity contribution in [1.82, 2.24) is 9.97 Å². The number of aryl methyl sites for hydroxylation is 3. The van der Waals surface area contributed by atoms with Crippen LogP contribution in [0.2, 0.25) is 0 Å².